The van der Waals surface area contributed by atoms with Gasteiger partial charge in [-0.2, -0.15) is 0 Å². The average Bonchev–Trinajstić information content (AvgIpc) is 2.86. The van der Waals surface area contributed by atoms with Crippen LogP contribution in [0.4, 0.5) is 8.78 Å². The minimum atomic E-state index is -0.826. The van der Waals surface area contributed by atoms with Crippen molar-refractivity contribution in [1.29, 1.82) is 0 Å². The second-order valence-corrected chi connectivity index (χ2v) is 5.56. The van der Waals surface area contributed by atoms with E-state index in [2.05, 4.69) is 4.98 Å². The number of aromatic nitrogens is 1. The van der Waals surface area contributed by atoms with Crippen molar-refractivity contribution in [2.45, 2.75) is 33.0 Å². The lowest BCUT2D eigenvalue weighted by molar-refractivity contribution is 0.264. The van der Waals surface area contributed by atoms with Gasteiger partial charge in [0.05, 0.1) is 17.3 Å². The van der Waals surface area contributed by atoms with Crippen LogP contribution < -0.4 is 4.74 Å². The molecule has 0 unspecified atom stereocenters. The lowest BCUT2D eigenvalue weighted by Crippen LogP contribution is -2.02. The summed E-state index contributed by atoms with van der Waals surface area (Å²) in [5.41, 5.74) is 0.812. The summed E-state index contributed by atoms with van der Waals surface area (Å²) in [6.07, 6.45) is 0. The zero-order valence-electron chi connectivity index (χ0n) is 11.2. The van der Waals surface area contributed by atoms with E-state index < -0.39 is 24.0 Å². The van der Waals surface area contributed by atoms with Crippen LogP contribution in [0.15, 0.2) is 17.5 Å². The molecule has 0 saturated carbocycles. The third-order valence-corrected chi connectivity index (χ3v) is 3.86. The van der Waals surface area contributed by atoms with Crippen molar-refractivity contribution in [3.05, 3.63) is 45.4 Å². The molecule has 1 aromatic carbocycles. The maximum absolute atomic E-state index is 13.6. The van der Waals surface area contributed by atoms with Crippen molar-refractivity contribution in [3.63, 3.8) is 0 Å². The molecule has 3 nitrogen and oxygen atoms in total. The first kappa shape index (κ1) is 14.9. The Morgan fingerprint density at radius 1 is 1.30 bits per heavy atom. The van der Waals surface area contributed by atoms with Gasteiger partial charge < -0.3 is 9.84 Å². The molecule has 1 N–H and O–H groups in total. The molecule has 0 spiro atoms. The molecular formula is C14H15F2NO2S. The van der Waals surface area contributed by atoms with Crippen molar-refractivity contribution < 1.29 is 18.6 Å². The van der Waals surface area contributed by atoms with Crippen LogP contribution in [0.1, 0.15) is 36.0 Å². The average molecular weight is 299 g/mol. The van der Waals surface area contributed by atoms with Crippen LogP contribution >= 0.6 is 11.3 Å². The van der Waals surface area contributed by atoms with Gasteiger partial charge in [-0.05, 0) is 17.7 Å². The first-order valence-electron chi connectivity index (χ1n) is 6.17. The molecule has 2 aromatic rings. The summed E-state index contributed by atoms with van der Waals surface area (Å²) >= 11 is 1.50. The van der Waals surface area contributed by atoms with Crippen LogP contribution in [0.25, 0.3) is 0 Å². The summed E-state index contributed by atoms with van der Waals surface area (Å²) < 4.78 is 32.4. The maximum atomic E-state index is 13.6. The first-order valence-corrected chi connectivity index (χ1v) is 7.05. The second-order valence-electron chi connectivity index (χ2n) is 4.67. The Morgan fingerprint density at radius 3 is 2.45 bits per heavy atom. The summed E-state index contributed by atoms with van der Waals surface area (Å²) in [5.74, 6) is -1.78. The van der Waals surface area contributed by atoms with Gasteiger partial charge in [0.2, 0.25) is 0 Å². The van der Waals surface area contributed by atoms with E-state index in [-0.39, 0.29) is 12.2 Å². The van der Waals surface area contributed by atoms with E-state index in [9.17, 15) is 8.78 Å². The minimum Gasteiger partial charge on any atom is -0.481 e. The number of hydrogen-bond donors (Lipinski definition) is 1. The van der Waals surface area contributed by atoms with E-state index in [1.165, 1.54) is 11.3 Å². The number of benzene rings is 1. The molecule has 0 aliphatic carbocycles. The Hall–Kier alpha value is -1.53. The molecule has 0 fully saturated rings. The number of rotatable bonds is 5. The van der Waals surface area contributed by atoms with E-state index in [0.717, 1.165) is 17.1 Å². The highest BCUT2D eigenvalue weighted by Gasteiger charge is 2.14. The van der Waals surface area contributed by atoms with Crippen molar-refractivity contribution in [1.82, 2.24) is 4.98 Å². The number of thiazole rings is 1. The highest BCUT2D eigenvalue weighted by Crippen LogP contribution is 2.25. The van der Waals surface area contributed by atoms with Gasteiger partial charge in [0.1, 0.15) is 6.61 Å². The molecule has 0 bridgehead atoms. The van der Waals surface area contributed by atoms with E-state index >= 15 is 0 Å². The summed E-state index contributed by atoms with van der Waals surface area (Å²) in [4.78, 5) is 4.33. The Kier molecular flexibility index (Phi) is 4.67. The van der Waals surface area contributed by atoms with Crippen molar-refractivity contribution in [2.75, 3.05) is 0 Å². The number of nitrogens with zero attached hydrogens (tertiary/aromatic N) is 1. The van der Waals surface area contributed by atoms with Crippen molar-refractivity contribution in [2.24, 2.45) is 0 Å². The molecule has 0 saturated heterocycles. The molecule has 0 aliphatic rings. The molecule has 108 valence electrons. The van der Waals surface area contributed by atoms with Crippen LogP contribution in [0.5, 0.6) is 5.75 Å². The van der Waals surface area contributed by atoms with E-state index in [0.29, 0.717) is 11.6 Å². The summed E-state index contributed by atoms with van der Waals surface area (Å²) in [6.45, 7) is 3.64. The molecular weight excluding hydrogens is 284 g/mol. The molecule has 0 amide bonds. The van der Waals surface area contributed by atoms with Gasteiger partial charge in [0.25, 0.3) is 0 Å². The third-order valence-electron chi connectivity index (χ3n) is 2.67. The van der Waals surface area contributed by atoms with Crippen LogP contribution in [0.3, 0.4) is 0 Å². The van der Waals surface area contributed by atoms with Crippen molar-refractivity contribution >= 4 is 11.3 Å². The predicted octanol–water partition coefficient (Wildman–Crippen LogP) is 3.62. The molecule has 2 rings (SSSR count). The summed E-state index contributed by atoms with van der Waals surface area (Å²) in [7, 11) is 0. The monoisotopic (exact) mass is 299 g/mol. The van der Waals surface area contributed by atoms with Crippen LogP contribution in [-0.2, 0) is 13.2 Å². The van der Waals surface area contributed by atoms with E-state index in [1.54, 1.807) is 0 Å². The Bertz CT molecular complexity index is 576. The fourth-order valence-corrected chi connectivity index (χ4v) is 2.46. The number of hydrogen-bond acceptors (Lipinski definition) is 4. The molecule has 0 aliphatic heterocycles. The van der Waals surface area contributed by atoms with Gasteiger partial charge in [0, 0.05) is 11.3 Å². The lowest BCUT2D eigenvalue weighted by atomic mass is 10.2. The van der Waals surface area contributed by atoms with Gasteiger partial charge in [-0.15, -0.1) is 11.3 Å². The molecule has 20 heavy (non-hydrogen) atoms. The maximum Gasteiger partial charge on any atom is 0.191 e. The highest BCUT2D eigenvalue weighted by molar-refractivity contribution is 7.09. The zero-order chi connectivity index (χ0) is 14.7. The Balaban J connectivity index is 2.10. The summed E-state index contributed by atoms with van der Waals surface area (Å²) in [5, 5.41) is 11.6. The van der Waals surface area contributed by atoms with Gasteiger partial charge in [-0.25, -0.2) is 13.8 Å². The van der Waals surface area contributed by atoms with E-state index in [4.69, 9.17) is 9.84 Å². The SMILES string of the molecule is CC(C)c1nc(COc2c(F)cc(CO)cc2F)cs1. The van der Waals surface area contributed by atoms with E-state index in [1.807, 2.05) is 19.2 Å². The standard InChI is InChI=1S/C14H15F2NO2S/c1-8(2)14-17-10(7-20-14)6-19-13-11(15)3-9(5-18)4-12(13)16/h3-4,7-8,18H,5-6H2,1-2H3. The fraction of sp³-hybridized carbons (Fsp3) is 0.357. The highest BCUT2D eigenvalue weighted by atomic mass is 32.1. The molecule has 1 heterocycles. The molecule has 6 heteroatoms. The number of ether oxygens (including phenoxy) is 1. The minimum absolute atomic E-state index is 0.00946. The zero-order valence-corrected chi connectivity index (χ0v) is 12.0. The lowest BCUT2D eigenvalue weighted by Gasteiger charge is -2.08. The normalized spacial score (nSPS) is 11.1. The Morgan fingerprint density at radius 2 is 1.95 bits per heavy atom. The fourth-order valence-electron chi connectivity index (χ4n) is 1.64. The summed E-state index contributed by atoms with van der Waals surface area (Å²) in [6, 6.07) is 2.11. The number of aliphatic hydroxyl groups excluding tert-OH is 1. The molecule has 0 radical (unpaired) electrons. The first-order chi connectivity index (χ1) is 9.51. The number of halogens is 2. The smallest absolute Gasteiger partial charge is 0.191 e. The second kappa shape index (κ2) is 6.28. The Labute approximate surface area is 119 Å². The van der Waals surface area contributed by atoms with Gasteiger partial charge in [-0.3, -0.25) is 0 Å². The van der Waals surface area contributed by atoms with Gasteiger partial charge in [0.15, 0.2) is 17.4 Å². The number of aliphatic hydroxyl groups is 1. The van der Waals surface area contributed by atoms with Crippen LogP contribution in [-0.4, -0.2) is 10.1 Å². The topological polar surface area (TPSA) is 42.4 Å². The molecule has 1 aromatic heterocycles. The van der Waals surface area contributed by atoms with Gasteiger partial charge in [-0.1, -0.05) is 13.8 Å². The quantitative estimate of drug-likeness (QED) is 0.917. The van der Waals surface area contributed by atoms with Crippen LogP contribution in [0.2, 0.25) is 0 Å². The third kappa shape index (κ3) is 3.32. The largest absolute Gasteiger partial charge is 0.481 e. The van der Waals surface area contributed by atoms with Crippen LogP contribution in [0, 0.1) is 11.6 Å². The van der Waals surface area contributed by atoms with Crippen molar-refractivity contribution in [3.8, 4) is 5.75 Å². The predicted molar refractivity (Wildman–Crippen MR) is 72.8 cm³/mol. The molecule has 0 atom stereocenters. The van der Waals surface area contributed by atoms with Gasteiger partial charge >= 0.3 is 0 Å².